The van der Waals surface area contributed by atoms with Crippen molar-refractivity contribution in [1.29, 1.82) is 0 Å². The molecule has 0 bridgehead atoms. The monoisotopic (exact) mass is 613 g/mol. The summed E-state index contributed by atoms with van der Waals surface area (Å²) in [6.07, 6.45) is 3.31. The van der Waals surface area contributed by atoms with Gasteiger partial charge in [-0.1, -0.05) is 49.4 Å². The summed E-state index contributed by atoms with van der Waals surface area (Å²) in [5, 5.41) is 9.57. The van der Waals surface area contributed by atoms with Gasteiger partial charge in [0, 0.05) is 42.5 Å². The minimum absolute atomic E-state index is 0.00133. The van der Waals surface area contributed by atoms with Crippen molar-refractivity contribution in [3.63, 3.8) is 0 Å². The summed E-state index contributed by atoms with van der Waals surface area (Å²) >= 11 is 1.35. The lowest BCUT2D eigenvalue weighted by molar-refractivity contribution is -0.130. The molecule has 3 aromatic carbocycles. The first-order valence-electron chi connectivity index (χ1n) is 15.0. The van der Waals surface area contributed by atoms with Crippen molar-refractivity contribution in [2.24, 2.45) is 0 Å². The number of aryl methyl sites for hydroxylation is 1. The number of ether oxygens (including phenoxy) is 2. The SMILES string of the molecule is CCCCc1ccc(C(=O)N2CCN(C(=O)CSc3nnc(-c4cccc(OC)c4)n3-c3ccc(OC)cc3)CC2C)cc1. The zero-order valence-electron chi connectivity index (χ0n) is 25.7. The minimum Gasteiger partial charge on any atom is -0.497 e. The fraction of sp³-hybridized carbons (Fsp3) is 0.353. The largest absolute Gasteiger partial charge is 0.497 e. The molecule has 0 spiro atoms. The van der Waals surface area contributed by atoms with Gasteiger partial charge in [0.05, 0.1) is 20.0 Å². The van der Waals surface area contributed by atoms with Crippen LogP contribution in [0, 0.1) is 0 Å². The first kappa shape index (κ1) is 31.1. The Morgan fingerprint density at radius 3 is 2.36 bits per heavy atom. The van der Waals surface area contributed by atoms with E-state index in [0.717, 1.165) is 36.3 Å². The zero-order chi connectivity index (χ0) is 31.1. The highest BCUT2D eigenvalue weighted by Gasteiger charge is 2.30. The molecule has 10 heteroatoms. The second-order valence-corrected chi connectivity index (χ2v) is 11.8. The van der Waals surface area contributed by atoms with Gasteiger partial charge in [-0.15, -0.1) is 10.2 Å². The van der Waals surface area contributed by atoms with Crippen molar-refractivity contribution >= 4 is 23.6 Å². The zero-order valence-corrected chi connectivity index (χ0v) is 26.5. The van der Waals surface area contributed by atoms with Crippen molar-refractivity contribution < 1.29 is 19.1 Å². The van der Waals surface area contributed by atoms with Gasteiger partial charge in [0.25, 0.3) is 5.91 Å². The van der Waals surface area contributed by atoms with Crippen LogP contribution in [0.2, 0.25) is 0 Å². The Bertz CT molecular complexity index is 1570. The van der Waals surface area contributed by atoms with Crippen LogP contribution in [0.25, 0.3) is 17.1 Å². The quantitative estimate of drug-likeness (QED) is 0.199. The van der Waals surface area contributed by atoms with Crippen molar-refractivity contribution in [3.05, 3.63) is 83.9 Å². The van der Waals surface area contributed by atoms with E-state index >= 15 is 0 Å². The summed E-state index contributed by atoms with van der Waals surface area (Å²) < 4.78 is 12.7. The van der Waals surface area contributed by atoms with E-state index in [1.807, 2.05) is 82.0 Å². The third-order valence-electron chi connectivity index (χ3n) is 7.88. The third kappa shape index (κ3) is 7.07. The summed E-state index contributed by atoms with van der Waals surface area (Å²) in [4.78, 5) is 30.4. The van der Waals surface area contributed by atoms with E-state index in [9.17, 15) is 9.59 Å². The van der Waals surface area contributed by atoms with Crippen molar-refractivity contribution in [2.75, 3.05) is 39.6 Å². The molecule has 0 saturated carbocycles. The number of amides is 2. The first-order chi connectivity index (χ1) is 21.4. The number of piperazine rings is 1. The van der Waals surface area contributed by atoms with Gasteiger partial charge in [0.1, 0.15) is 11.5 Å². The standard InChI is InChI=1S/C34H39N5O4S/c1-5-6-8-25-11-13-26(14-12-25)33(41)38-20-19-37(22-24(38)2)31(40)23-44-34-36-35-32(27-9-7-10-30(21-27)43-4)39(34)28-15-17-29(42-3)18-16-28/h7,9-18,21,24H,5-6,8,19-20,22-23H2,1-4H3. The molecule has 2 amide bonds. The van der Waals surface area contributed by atoms with Gasteiger partial charge < -0.3 is 19.3 Å². The highest BCUT2D eigenvalue weighted by atomic mass is 32.2. The number of carbonyl (C=O) groups is 2. The molecule has 9 nitrogen and oxygen atoms in total. The normalized spacial score (nSPS) is 14.9. The second kappa shape index (κ2) is 14.4. The molecule has 1 aliphatic rings. The molecule has 5 rings (SSSR count). The van der Waals surface area contributed by atoms with Gasteiger partial charge in [-0.25, -0.2) is 0 Å². The number of hydrogen-bond donors (Lipinski definition) is 0. The number of benzene rings is 3. The number of methoxy groups -OCH3 is 2. The van der Waals surface area contributed by atoms with Gasteiger partial charge in [-0.3, -0.25) is 14.2 Å². The lowest BCUT2D eigenvalue weighted by Gasteiger charge is -2.40. The lowest BCUT2D eigenvalue weighted by Crippen LogP contribution is -2.55. The van der Waals surface area contributed by atoms with E-state index < -0.39 is 0 Å². The molecule has 2 heterocycles. The van der Waals surface area contributed by atoms with Crippen LogP contribution in [-0.4, -0.2) is 82.0 Å². The summed E-state index contributed by atoms with van der Waals surface area (Å²) in [6.45, 7) is 5.65. The Hall–Kier alpha value is -4.31. The molecule has 1 aromatic heterocycles. The highest BCUT2D eigenvalue weighted by Crippen LogP contribution is 2.31. The molecule has 0 aliphatic carbocycles. The molecule has 230 valence electrons. The fourth-order valence-electron chi connectivity index (χ4n) is 5.34. The van der Waals surface area contributed by atoms with Crippen LogP contribution in [0.5, 0.6) is 11.5 Å². The molecule has 0 N–H and O–H groups in total. The molecule has 1 saturated heterocycles. The Morgan fingerprint density at radius 1 is 0.932 bits per heavy atom. The third-order valence-corrected chi connectivity index (χ3v) is 8.79. The van der Waals surface area contributed by atoms with Crippen LogP contribution in [0.4, 0.5) is 0 Å². The number of aromatic nitrogens is 3. The van der Waals surface area contributed by atoms with E-state index in [2.05, 4.69) is 29.3 Å². The van der Waals surface area contributed by atoms with E-state index in [0.29, 0.717) is 41.9 Å². The average molecular weight is 614 g/mol. The Morgan fingerprint density at radius 2 is 1.68 bits per heavy atom. The van der Waals surface area contributed by atoms with Crippen molar-refractivity contribution in [1.82, 2.24) is 24.6 Å². The lowest BCUT2D eigenvalue weighted by atomic mass is 10.0. The average Bonchev–Trinajstić information content (AvgIpc) is 3.50. The first-order valence-corrected chi connectivity index (χ1v) is 15.9. The summed E-state index contributed by atoms with van der Waals surface area (Å²) in [5.74, 6) is 2.31. The fourth-order valence-corrected chi connectivity index (χ4v) is 6.20. The summed E-state index contributed by atoms with van der Waals surface area (Å²) in [6, 6.07) is 23.2. The maximum atomic E-state index is 13.4. The second-order valence-electron chi connectivity index (χ2n) is 10.8. The van der Waals surface area contributed by atoms with E-state index in [1.165, 1.54) is 17.3 Å². The molecular formula is C34H39N5O4S. The number of nitrogens with zero attached hydrogens (tertiary/aromatic N) is 5. The van der Waals surface area contributed by atoms with Gasteiger partial charge in [0.2, 0.25) is 5.91 Å². The van der Waals surface area contributed by atoms with Crippen LogP contribution in [0.1, 0.15) is 42.6 Å². The molecule has 44 heavy (non-hydrogen) atoms. The topological polar surface area (TPSA) is 89.8 Å². The minimum atomic E-state index is -0.0902. The van der Waals surface area contributed by atoms with E-state index in [-0.39, 0.29) is 23.6 Å². The number of hydrogen-bond acceptors (Lipinski definition) is 7. The molecule has 1 atom stereocenters. The highest BCUT2D eigenvalue weighted by molar-refractivity contribution is 7.99. The molecule has 1 aliphatic heterocycles. The van der Waals surface area contributed by atoms with Crippen LogP contribution in [0.3, 0.4) is 0 Å². The van der Waals surface area contributed by atoms with Gasteiger partial charge in [-0.05, 0) is 73.9 Å². The van der Waals surface area contributed by atoms with E-state index in [1.54, 1.807) is 14.2 Å². The van der Waals surface area contributed by atoms with Crippen LogP contribution >= 0.6 is 11.8 Å². The van der Waals surface area contributed by atoms with Gasteiger partial charge >= 0.3 is 0 Å². The van der Waals surface area contributed by atoms with Crippen molar-refractivity contribution in [3.8, 4) is 28.6 Å². The number of thioether (sulfide) groups is 1. The predicted molar refractivity (Wildman–Crippen MR) is 173 cm³/mol. The molecule has 1 unspecified atom stereocenters. The molecule has 0 radical (unpaired) electrons. The Labute approximate surface area is 263 Å². The van der Waals surface area contributed by atoms with Crippen LogP contribution in [0.15, 0.2) is 78.0 Å². The van der Waals surface area contributed by atoms with Gasteiger partial charge in [-0.2, -0.15) is 0 Å². The van der Waals surface area contributed by atoms with Crippen LogP contribution < -0.4 is 9.47 Å². The molecular weight excluding hydrogens is 574 g/mol. The molecule has 4 aromatic rings. The maximum Gasteiger partial charge on any atom is 0.254 e. The summed E-state index contributed by atoms with van der Waals surface area (Å²) in [7, 11) is 3.26. The maximum absolute atomic E-state index is 13.4. The number of unbranched alkanes of at least 4 members (excludes halogenated alkanes) is 1. The van der Waals surface area contributed by atoms with Gasteiger partial charge in [0.15, 0.2) is 11.0 Å². The Balaban J connectivity index is 1.26. The smallest absolute Gasteiger partial charge is 0.254 e. The predicted octanol–water partition coefficient (Wildman–Crippen LogP) is 5.76. The number of rotatable bonds is 11. The van der Waals surface area contributed by atoms with Crippen molar-refractivity contribution in [2.45, 2.75) is 44.3 Å². The summed E-state index contributed by atoms with van der Waals surface area (Å²) in [5.41, 5.74) is 3.64. The van der Waals surface area contributed by atoms with E-state index in [4.69, 9.17) is 9.47 Å². The molecule has 1 fully saturated rings. The van der Waals surface area contributed by atoms with Crippen LogP contribution in [-0.2, 0) is 11.2 Å². The Kier molecular flexibility index (Phi) is 10.2. The number of carbonyl (C=O) groups excluding carboxylic acids is 2.